The second-order valence-electron chi connectivity index (χ2n) is 8.09. The molecule has 0 fully saturated rings. The highest BCUT2D eigenvalue weighted by Crippen LogP contribution is 2.36. The lowest BCUT2D eigenvalue weighted by molar-refractivity contribution is 0.181. The maximum Gasteiger partial charge on any atom is 0.254 e. The van der Waals surface area contributed by atoms with E-state index in [9.17, 15) is 4.79 Å². The van der Waals surface area contributed by atoms with E-state index in [1.54, 1.807) is 18.9 Å². The first-order chi connectivity index (χ1) is 16.2. The fraction of sp³-hybridized carbons (Fsp3) is 0.333. The molecule has 1 aliphatic rings. The van der Waals surface area contributed by atoms with Crippen molar-refractivity contribution in [3.63, 3.8) is 0 Å². The van der Waals surface area contributed by atoms with Crippen LogP contribution >= 0.6 is 0 Å². The van der Waals surface area contributed by atoms with Gasteiger partial charge in [0.05, 0.1) is 20.3 Å². The molecular weight excluding hydrogens is 420 g/mol. The molecule has 0 aliphatic carbocycles. The second-order valence-corrected chi connectivity index (χ2v) is 8.09. The van der Waals surface area contributed by atoms with Crippen LogP contribution in [0.2, 0.25) is 0 Å². The highest BCUT2D eigenvalue weighted by Gasteiger charge is 2.33. The molecule has 0 amide bonds. The lowest BCUT2D eigenvalue weighted by Crippen LogP contribution is -2.38. The van der Waals surface area contributed by atoms with Crippen molar-refractivity contribution in [2.45, 2.75) is 25.4 Å². The predicted octanol–water partition coefficient (Wildman–Crippen LogP) is 2.71. The molecule has 3 heterocycles. The summed E-state index contributed by atoms with van der Waals surface area (Å²) in [6.45, 7) is 1.74. The number of methoxy groups -OCH3 is 2. The number of fused-ring (bicyclic) bond motifs is 2. The SMILES string of the molecule is COCCn1nnnc1C(c1cc2cc(OC)ccc2[nH]c1=O)N1CCCc2ccccc21. The molecule has 0 saturated carbocycles. The first-order valence-corrected chi connectivity index (χ1v) is 11.0. The molecule has 2 aromatic heterocycles. The Labute approximate surface area is 190 Å². The summed E-state index contributed by atoms with van der Waals surface area (Å²) in [5.41, 5.74) is 3.52. The van der Waals surface area contributed by atoms with Crippen molar-refractivity contribution < 1.29 is 9.47 Å². The van der Waals surface area contributed by atoms with E-state index in [0.29, 0.717) is 24.5 Å². The minimum Gasteiger partial charge on any atom is -0.497 e. The summed E-state index contributed by atoms with van der Waals surface area (Å²) in [7, 11) is 3.27. The van der Waals surface area contributed by atoms with E-state index in [-0.39, 0.29) is 5.56 Å². The molecule has 1 N–H and O–H groups in total. The predicted molar refractivity (Wildman–Crippen MR) is 125 cm³/mol. The van der Waals surface area contributed by atoms with Crippen molar-refractivity contribution in [2.24, 2.45) is 0 Å². The summed E-state index contributed by atoms with van der Waals surface area (Å²) in [5.74, 6) is 1.33. The summed E-state index contributed by atoms with van der Waals surface area (Å²) in [6, 6.07) is 15.4. The van der Waals surface area contributed by atoms with Crippen LogP contribution in [-0.2, 0) is 17.7 Å². The molecule has 9 heteroatoms. The number of hydrogen-bond acceptors (Lipinski definition) is 7. The third-order valence-corrected chi connectivity index (χ3v) is 6.14. The number of nitrogens with zero attached hydrogens (tertiary/aromatic N) is 5. The van der Waals surface area contributed by atoms with Crippen LogP contribution in [-0.4, -0.2) is 52.6 Å². The van der Waals surface area contributed by atoms with Crippen molar-refractivity contribution in [1.29, 1.82) is 0 Å². The van der Waals surface area contributed by atoms with Crippen LogP contribution in [0.3, 0.4) is 0 Å². The van der Waals surface area contributed by atoms with Gasteiger partial charge >= 0.3 is 0 Å². The van der Waals surface area contributed by atoms with Crippen LogP contribution in [0.1, 0.15) is 29.4 Å². The topological polar surface area (TPSA) is 98.2 Å². The van der Waals surface area contributed by atoms with E-state index >= 15 is 0 Å². The maximum absolute atomic E-state index is 13.4. The first kappa shape index (κ1) is 21.1. The second kappa shape index (κ2) is 9.03. The van der Waals surface area contributed by atoms with E-state index in [1.807, 2.05) is 30.3 Å². The van der Waals surface area contributed by atoms with Gasteiger partial charge in [0.1, 0.15) is 11.8 Å². The van der Waals surface area contributed by atoms with E-state index in [2.05, 4.69) is 43.6 Å². The summed E-state index contributed by atoms with van der Waals surface area (Å²) in [4.78, 5) is 18.7. The van der Waals surface area contributed by atoms with Crippen molar-refractivity contribution in [2.75, 3.05) is 32.3 Å². The van der Waals surface area contributed by atoms with Gasteiger partial charge in [0.2, 0.25) is 0 Å². The average molecular weight is 447 g/mol. The number of aromatic nitrogens is 5. The molecule has 9 nitrogen and oxygen atoms in total. The highest BCUT2D eigenvalue weighted by molar-refractivity contribution is 5.81. The van der Waals surface area contributed by atoms with Gasteiger partial charge in [-0.25, -0.2) is 4.68 Å². The van der Waals surface area contributed by atoms with Gasteiger partial charge in [-0.3, -0.25) is 4.79 Å². The molecule has 5 rings (SSSR count). The van der Waals surface area contributed by atoms with Crippen LogP contribution in [0.5, 0.6) is 5.75 Å². The summed E-state index contributed by atoms with van der Waals surface area (Å²) < 4.78 is 12.4. The van der Waals surface area contributed by atoms with Crippen molar-refractivity contribution in [3.05, 3.63) is 75.8 Å². The molecular formula is C24H26N6O3. The number of hydrogen-bond donors (Lipinski definition) is 1. The largest absolute Gasteiger partial charge is 0.497 e. The summed E-state index contributed by atoms with van der Waals surface area (Å²) in [5, 5.41) is 13.4. The monoisotopic (exact) mass is 446 g/mol. The van der Waals surface area contributed by atoms with Gasteiger partial charge in [-0.05, 0) is 59.2 Å². The highest BCUT2D eigenvalue weighted by atomic mass is 16.5. The van der Waals surface area contributed by atoms with Gasteiger partial charge in [-0.1, -0.05) is 18.2 Å². The molecule has 0 spiro atoms. The van der Waals surface area contributed by atoms with Crippen LogP contribution < -0.4 is 15.2 Å². The Morgan fingerprint density at radius 3 is 2.88 bits per heavy atom. The Balaban J connectivity index is 1.71. The van der Waals surface area contributed by atoms with Gasteiger partial charge in [0.25, 0.3) is 5.56 Å². The van der Waals surface area contributed by atoms with Crippen LogP contribution in [0.4, 0.5) is 5.69 Å². The zero-order valence-electron chi connectivity index (χ0n) is 18.7. The Kier molecular flexibility index (Phi) is 5.78. The zero-order chi connectivity index (χ0) is 22.8. The minimum atomic E-state index is -0.461. The number of H-pyrrole nitrogens is 1. The number of aromatic amines is 1. The summed E-state index contributed by atoms with van der Waals surface area (Å²) in [6.07, 6.45) is 1.98. The van der Waals surface area contributed by atoms with E-state index in [4.69, 9.17) is 9.47 Å². The van der Waals surface area contributed by atoms with E-state index < -0.39 is 6.04 Å². The Morgan fingerprint density at radius 1 is 1.15 bits per heavy atom. The lowest BCUT2D eigenvalue weighted by Gasteiger charge is -2.37. The number of benzene rings is 2. The molecule has 2 aromatic carbocycles. The Hall–Kier alpha value is -3.72. The van der Waals surface area contributed by atoms with Gasteiger partial charge < -0.3 is 19.4 Å². The zero-order valence-corrected chi connectivity index (χ0v) is 18.7. The minimum absolute atomic E-state index is 0.165. The van der Waals surface area contributed by atoms with Gasteiger partial charge in [0.15, 0.2) is 5.82 Å². The fourth-order valence-electron chi connectivity index (χ4n) is 4.55. The fourth-order valence-corrected chi connectivity index (χ4v) is 4.55. The molecule has 1 atom stereocenters. The average Bonchev–Trinajstić information content (AvgIpc) is 3.31. The lowest BCUT2D eigenvalue weighted by atomic mass is 9.96. The Morgan fingerprint density at radius 2 is 2.03 bits per heavy atom. The van der Waals surface area contributed by atoms with Gasteiger partial charge in [-0.15, -0.1) is 5.10 Å². The molecule has 1 unspecified atom stereocenters. The van der Waals surface area contributed by atoms with E-state index in [1.165, 1.54) is 5.56 Å². The van der Waals surface area contributed by atoms with Gasteiger partial charge in [-0.2, -0.15) is 0 Å². The number of anilines is 1. The van der Waals surface area contributed by atoms with Crippen LogP contribution in [0, 0.1) is 0 Å². The summed E-state index contributed by atoms with van der Waals surface area (Å²) >= 11 is 0. The molecule has 0 bridgehead atoms. The number of ether oxygens (including phenoxy) is 2. The quantitative estimate of drug-likeness (QED) is 0.466. The molecule has 0 saturated heterocycles. The third-order valence-electron chi connectivity index (χ3n) is 6.14. The first-order valence-electron chi connectivity index (χ1n) is 11.0. The molecule has 33 heavy (non-hydrogen) atoms. The molecule has 170 valence electrons. The van der Waals surface area contributed by atoms with E-state index in [0.717, 1.165) is 41.7 Å². The Bertz CT molecular complexity index is 1330. The van der Waals surface area contributed by atoms with Crippen LogP contribution in [0.25, 0.3) is 10.9 Å². The number of aryl methyl sites for hydroxylation is 1. The number of tetrazole rings is 1. The van der Waals surface area contributed by atoms with Crippen LogP contribution in [0.15, 0.2) is 53.3 Å². The number of rotatable bonds is 7. The van der Waals surface area contributed by atoms with Crippen molar-refractivity contribution in [1.82, 2.24) is 25.2 Å². The maximum atomic E-state index is 13.4. The number of nitrogens with one attached hydrogen (secondary N) is 1. The smallest absolute Gasteiger partial charge is 0.254 e. The standard InChI is InChI=1S/C24H26N6O3/c1-32-13-12-30-23(26-27-28-30)22(29-11-5-7-16-6-3-4-8-21(16)29)19-15-17-14-18(33-2)9-10-20(17)25-24(19)31/h3-4,6,8-10,14-15,22H,5,7,11-13H2,1-2H3,(H,25,31). The van der Waals surface area contributed by atoms with Gasteiger partial charge in [0, 0.05) is 35.8 Å². The molecule has 0 radical (unpaired) electrons. The molecule has 4 aromatic rings. The number of para-hydroxylation sites is 1. The normalized spacial score (nSPS) is 14.3. The number of pyridine rings is 1. The molecule has 1 aliphatic heterocycles. The van der Waals surface area contributed by atoms with Crippen molar-refractivity contribution in [3.8, 4) is 5.75 Å². The third kappa shape index (κ3) is 3.95. The van der Waals surface area contributed by atoms with Crippen molar-refractivity contribution >= 4 is 16.6 Å².